The molecule has 0 unspecified atom stereocenters. The van der Waals surface area contributed by atoms with E-state index in [0.717, 1.165) is 0 Å². The molecule has 0 aromatic carbocycles. The molecular formula is C15H12ClF3N4O2. The topological polar surface area (TPSA) is 62.1 Å². The predicted molar refractivity (Wildman–Crippen MR) is 84.0 cm³/mol. The van der Waals surface area contributed by atoms with E-state index in [1.54, 1.807) is 29.2 Å². The number of alkyl halides is 3. The van der Waals surface area contributed by atoms with Gasteiger partial charge in [-0.25, -0.2) is 9.97 Å². The Bertz CT molecular complexity index is 898. The first kappa shape index (κ1) is 17.3. The molecule has 132 valence electrons. The van der Waals surface area contributed by atoms with Crippen LogP contribution in [0, 0.1) is 0 Å². The van der Waals surface area contributed by atoms with Gasteiger partial charge in [-0.1, -0.05) is 11.6 Å². The second-order valence-corrected chi connectivity index (χ2v) is 5.47. The third-order valence-electron chi connectivity index (χ3n) is 3.24. The molecule has 0 saturated carbocycles. The summed E-state index contributed by atoms with van der Waals surface area (Å²) in [5.41, 5.74) is 1.36. The molecule has 0 fully saturated rings. The first-order valence-corrected chi connectivity index (χ1v) is 7.43. The summed E-state index contributed by atoms with van der Waals surface area (Å²) in [6, 6.07) is 3.27. The normalized spacial score (nSPS) is 11.7. The van der Waals surface area contributed by atoms with E-state index < -0.39 is 12.8 Å². The molecule has 0 bridgehead atoms. The lowest BCUT2D eigenvalue weighted by atomic mass is 10.2. The zero-order valence-corrected chi connectivity index (χ0v) is 13.7. The summed E-state index contributed by atoms with van der Waals surface area (Å²) in [5.74, 6) is -0.111. The minimum atomic E-state index is -4.45. The average molecular weight is 373 g/mol. The molecule has 0 saturated heterocycles. The van der Waals surface area contributed by atoms with Gasteiger partial charge in [0, 0.05) is 18.6 Å². The lowest BCUT2D eigenvalue weighted by Crippen LogP contribution is -2.20. The van der Waals surface area contributed by atoms with E-state index >= 15 is 0 Å². The van der Waals surface area contributed by atoms with Gasteiger partial charge in [0.2, 0.25) is 0 Å². The molecular weight excluding hydrogens is 361 g/mol. The summed E-state index contributed by atoms with van der Waals surface area (Å²) in [7, 11) is 1.33. The van der Waals surface area contributed by atoms with Crippen LogP contribution in [-0.2, 0) is 6.54 Å². The maximum atomic E-state index is 12.3. The molecule has 0 aliphatic heterocycles. The van der Waals surface area contributed by atoms with E-state index in [-0.39, 0.29) is 11.6 Å². The molecule has 3 rings (SSSR count). The number of fused-ring (bicyclic) bond motifs is 1. The highest BCUT2D eigenvalue weighted by atomic mass is 35.5. The van der Waals surface area contributed by atoms with Crippen molar-refractivity contribution in [2.45, 2.75) is 12.7 Å². The molecule has 0 aliphatic rings. The number of hydrogen-bond acceptors (Lipinski definition) is 5. The molecule has 0 N–H and O–H groups in total. The van der Waals surface area contributed by atoms with Crippen LogP contribution in [0.4, 0.5) is 13.2 Å². The molecule has 10 heteroatoms. The van der Waals surface area contributed by atoms with Crippen molar-refractivity contribution >= 4 is 22.5 Å². The van der Waals surface area contributed by atoms with E-state index in [9.17, 15) is 13.2 Å². The molecule has 6 nitrogen and oxygen atoms in total. The van der Waals surface area contributed by atoms with E-state index in [1.807, 2.05) is 0 Å². The van der Waals surface area contributed by atoms with Crippen molar-refractivity contribution in [3.63, 3.8) is 0 Å². The third-order valence-corrected chi connectivity index (χ3v) is 3.55. The number of aromatic nitrogens is 4. The van der Waals surface area contributed by atoms with Gasteiger partial charge in [0.05, 0.1) is 24.6 Å². The molecule has 25 heavy (non-hydrogen) atoms. The molecule has 0 radical (unpaired) electrons. The lowest BCUT2D eigenvalue weighted by molar-refractivity contribution is -0.154. The van der Waals surface area contributed by atoms with Crippen molar-refractivity contribution in [3.05, 3.63) is 41.4 Å². The average Bonchev–Trinajstić information content (AvgIpc) is 2.96. The maximum absolute atomic E-state index is 12.3. The Balaban J connectivity index is 1.81. The van der Waals surface area contributed by atoms with Gasteiger partial charge < -0.3 is 9.47 Å². The SMILES string of the molecule is COc1cc(Cn2cc3c(Cl)nccc3n2)cnc1OCC(F)(F)F. The Labute approximate surface area is 145 Å². The number of methoxy groups -OCH3 is 1. The van der Waals surface area contributed by atoms with Gasteiger partial charge in [0.15, 0.2) is 12.4 Å². The smallest absolute Gasteiger partial charge is 0.422 e. The fourth-order valence-corrected chi connectivity index (χ4v) is 2.40. The first-order valence-electron chi connectivity index (χ1n) is 7.06. The number of rotatable bonds is 5. The molecule has 3 aromatic rings. The Morgan fingerprint density at radius 3 is 2.76 bits per heavy atom. The van der Waals surface area contributed by atoms with Gasteiger partial charge in [-0.2, -0.15) is 18.3 Å². The van der Waals surface area contributed by atoms with Crippen molar-refractivity contribution in [1.82, 2.24) is 19.7 Å². The minimum Gasteiger partial charge on any atom is -0.491 e. The second kappa shape index (κ2) is 6.75. The zero-order valence-electron chi connectivity index (χ0n) is 12.9. The number of halogens is 4. The quantitative estimate of drug-likeness (QED) is 0.642. The summed E-state index contributed by atoms with van der Waals surface area (Å²) in [6.45, 7) is -1.11. The largest absolute Gasteiger partial charge is 0.491 e. The van der Waals surface area contributed by atoms with Crippen LogP contribution in [0.15, 0.2) is 30.7 Å². The van der Waals surface area contributed by atoms with Crippen molar-refractivity contribution in [1.29, 1.82) is 0 Å². The van der Waals surface area contributed by atoms with Crippen molar-refractivity contribution in [2.24, 2.45) is 0 Å². The van der Waals surface area contributed by atoms with Crippen LogP contribution >= 0.6 is 11.6 Å². The standard InChI is InChI=1S/C15H12ClF3N4O2/c1-24-12-4-9(5-21-14(12)25-8-15(17,18)19)6-23-7-10-11(22-23)2-3-20-13(10)16/h2-5,7H,6,8H2,1H3. The van der Waals surface area contributed by atoms with Gasteiger partial charge in [-0.05, 0) is 17.7 Å². The van der Waals surface area contributed by atoms with Gasteiger partial charge in [-0.3, -0.25) is 4.68 Å². The molecule has 3 aromatic heterocycles. The highest BCUT2D eigenvalue weighted by molar-refractivity contribution is 6.34. The summed E-state index contributed by atoms with van der Waals surface area (Å²) < 4.78 is 48.1. The van der Waals surface area contributed by atoms with E-state index in [4.69, 9.17) is 16.3 Å². The number of ether oxygens (including phenoxy) is 2. The summed E-state index contributed by atoms with van der Waals surface area (Å²) in [4.78, 5) is 7.87. The fourth-order valence-electron chi connectivity index (χ4n) is 2.19. The number of nitrogens with zero attached hydrogens (tertiary/aromatic N) is 4. The van der Waals surface area contributed by atoms with Crippen LogP contribution in [-0.4, -0.2) is 39.6 Å². The van der Waals surface area contributed by atoms with Crippen LogP contribution in [0.25, 0.3) is 10.9 Å². The lowest BCUT2D eigenvalue weighted by Gasteiger charge is -2.12. The van der Waals surface area contributed by atoms with E-state index in [1.165, 1.54) is 13.3 Å². The molecule has 3 heterocycles. The van der Waals surface area contributed by atoms with Crippen LogP contribution in [0.3, 0.4) is 0 Å². The van der Waals surface area contributed by atoms with Crippen LogP contribution in [0.2, 0.25) is 5.15 Å². The fraction of sp³-hybridized carbons (Fsp3) is 0.267. The molecule has 0 atom stereocenters. The summed E-state index contributed by atoms with van der Waals surface area (Å²) in [6.07, 6.45) is 0.235. The van der Waals surface area contributed by atoms with E-state index in [0.29, 0.717) is 28.2 Å². The molecule has 0 spiro atoms. The van der Waals surface area contributed by atoms with Gasteiger partial charge in [-0.15, -0.1) is 0 Å². The highest BCUT2D eigenvalue weighted by Gasteiger charge is 2.29. The van der Waals surface area contributed by atoms with Crippen LogP contribution in [0.5, 0.6) is 11.6 Å². The van der Waals surface area contributed by atoms with Crippen molar-refractivity contribution in [3.8, 4) is 11.6 Å². The highest BCUT2D eigenvalue weighted by Crippen LogP contribution is 2.28. The summed E-state index contributed by atoms with van der Waals surface area (Å²) >= 11 is 6.01. The Morgan fingerprint density at radius 2 is 2.08 bits per heavy atom. The Morgan fingerprint density at radius 1 is 1.28 bits per heavy atom. The first-order chi connectivity index (χ1) is 11.9. The number of pyridine rings is 2. The van der Waals surface area contributed by atoms with Crippen LogP contribution < -0.4 is 9.47 Å². The Hall–Kier alpha value is -2.55. The zero-order chi connectivity index (χ0) is 18.0. The van der Waals surface area contributed by atoms with Crippen LogP contribution in [0.1, 0.15) is 5.56 Å². The van der Waals surface area contributed by atoms with Gasteiger partial charge >= 0.3 is 6.18 Å². The minimum absolute atomic E-state index is 0.109. The monoisotopic (exact) mass is 372 g/mol. The summed E-state index contributed by atoms with van der Waals surface area (Å²) in [5, 5.41) is 5.40. The van der Waals surface area contributed by atoms with Gasteiger partial charge in [0.1, 0.15) is 5.15 Å². The number of hydrogen-bond donors (Lipinski definition) is 0. The van der Waals surface area contributed by atoms with Crippen molar-refractivity contribution < 1.29 is 22.6 Å². The molecule has 0 aliphatic carbocycles. The predicted octanol–water partition coefficient (Wildman–Crippen LogP) is 3.48. The van der Waals surface area contributed by atoms with Gasteiger partial charge in [0.25, 0.3) is 5.88 Å². The third kappa shape index (κ3) is 4.11. The van der Waals surface area contributed by atoms with E-state index in [2.05, 4.69) is 19.8 Å². The second-order valence-electron chi connectivity index (χ2n) is 5.12. The Kier molecular flexibility index (Phi) is 4.67. The van der Waals surface area contributed by atoms with Crippen molar-refractivity contribution in [2.75, 3.05) is 13.7 Å². The maximum Gasteiger partial charge on any atom is 0.422 e. The molecule has 0 amide bonds.